The summed E-state index contributed by atoms with van der Waals surface area (Å²) in [6.07, 6.45) is 7.05. The molecule has 0 amide bonds. The second-order valence-electron chi connectivity index (χ2n) is 9.40. The fourth-order valence-corrected chi connectivity index (χ4v) is 5.71. The molecule has 0 saturated heterocycles. The van der Waals surface area contributed by atoms with Gasteiger partial charge in [0.1, 0.15) is 54.9 Å². The molecule has 2 aliphatic rings. The SMILES string of the molecule is BC1=C(B)C2C(B)=C(B)C(B)=C(Nc3ccc(S(C)(C)C)cc3)C2C(B)=C1B. The molecule has 1 nitrogen and oxygen atoms in total. The van der Waals surface area contributed by atoms with E-state index < -0.39 is 10.0 Å². The number of anilines is 1. The van der Waals surface area contributed by atoms with Crippen molar-refractivity contribution < 1.29 is 0 Å². The first kappa shape index (κ1) is 21.5. The highest BCUT2D eigenvalue weighted by Gasteiger charge is 2.37. The maximum absolute atomic E-state index is 3.84. The first-order chi connectivity index (χ1) is 12.9. The van der Waals surface area contributed by atoms with E-state index in [0.717, 1.165) is 0 Å². The van der Waals surface area contributed by atoms with Gasteiger partial charge in [-0.3, -0.25) is 0 Å². The lowest BCUT2D eigenvalue weighted by Crippen LogP contribution is -2.36. The number of rotatable bonds is 3. The normalized spacial score (nSPS) is 23.8. The number of benzene rings is 1. The van der Waals surface area contributed by atoms with E-state index in [1.165, 1.54) is 54.6 Å². The Morgan fingerprint density at radius 3 is 1.54 bits per heavy atom. The summed E-state index contributed by atoms with van der Waals surface area (Å²) in [6, 6.07) is 9.11. The molecule has 28 heavy (non-hydrogen) atoms. The highest BCUT2D eigenvalue weighted by atomic mass is 32.3. The van der Waals surface area contributed by atoms with E-state index in [-0.39, 0.29) is 0 Å². The summed E-state index contributed by atoms with van der Waals surface area (Å²) in [5, 5.41) is 3.84. The zero-order valence-corrected chi connectivity index (χ0v) is 20.2. The van der Waals surface area contributed by atoms with E-state index in [9.17, 15) is 0 Å². The first-order valence-electron chi connectivity index (χ1n) is 10.2. The molecule has 1 aromatic carbocycles. The number of hydrogen-bond acceptors (Lipinski definition) is 1. The van der Waals surface area contributed by atoms with Gasteiger partial charge in [0.15, 0.2) is 0 Å². The van der Waals surface area contributed by atoms with Crippen molar-refractivity contribution in [3.05, 3.63) is 68.3 Å². The van der Waals surface area contributed by atoms with Gasteiger partial charge in [0.2, 0.25) is 0 Å². The summed E-state index contributed by atoms with van der Waals surface area (Å²) in [4.78, 5) is 1.45. The lowest BCUT2D eigenvalue weighted by atomic mass is 9.46. The molecule has 0 spiro atoms. The van der Waals surface area contributed by atoms with Gasteiger partial charge in [0.25, 0.3) is 0 Å². The smallest absolute Gasteiger partial charge is 0.140 e. The van der Waals surface area contributed by atoms with Crippen molar-refractivity contribution >= 4 is 70.6 Å². The fourth-order valence-electron chi connectivity index (χ4n) is 4.75. The average Bonchev–Trinajstić information content (AvgIpc) is 2.64. The molecule has 1 N–H and O–H groups in total. The third-order valence-corrected chi connectivity index (χ3v) is 8.87. The minimum atomic E-state index is -0.689. The van der Waals surface area contributed by atoms with Crippen LogP contribution in [0.1, 0.15) is 0 Å². The van der Waals surface area contributed by atoms with Crippen LogP contribution >= 0.6 is 10.0 Å². The number of nitrogens with one attached hydrogen (secondary N) is 1. The first-order valence-corrected chi connectivity index (χ1v) is 13.1. The molecule has 1 aromatic rings. The fraction of sp³-hybridized carbons (Fsp3) is 0.263. The standard InChI is InChI=1S/C19H30B7NS/c1-28(2,3)9-6-4-8(5-7-9)27-19-11-10(13(21)17(25)18(19)26)12(20)15(23)16(24)14(11)22/h4-7,10-11,27H,20-26H2,1-3H3. The van der Waals surface area contributed by atoms with E-state index in [1.54, 1.807) is 0 Å². The molecule has 2 unspecified atom stereocenters. The number of allylic oxidation sites excluding steroid dienone is 7. The highest BCUT2D eigenvalue weighted by Crippen LogP contribution is 2.48. The Morgan fingerprint density at radius 1 is 0.643 bits per heavy atom. The van der Waals surface area contributed by atoms with Gasteiger partial charge >= 0.3 is 0 Å². The molecular weight excluding hydrogens is 350 g/mol. The van der Waals surface area contributed by atoms with Gasteiger partial charge in [-0.15, -0.1) is 32.8 Å². The summed E-state index contributed by atoms with van der Waals surface area (Å²) in [5.41, 5.74) is 12.9. The van der Waals surface area contributed by atoms with Crippen molar-refractivity contribution in [3.63, 3.8) is 0 Å². The molecule has 0 heterocycles. The van der Waals surface area contributed by atoms with E-state index in [0.29, 0.717) is 11.8 Å². The summed E-state index contributed by atoms with van der Waals surface area (Å²) in [6.45, 7) is 0. The molecule has 2 aliphatic carbocycles. The van der Waals surface area contributed by atoms with Crippen LogP contribution in [0.3, 0.4) is 0 Å². The third kappa shape index (κ3) is 3.56. The average molecular weight is 380 g/mol. The van der Waals surface area contributed by atoms with Gasteiger partial charge < -0.3 is 5.32 Å². The Balaban J connectivity index is 2.07. The van der Waals surface area contributed by atoms with Crippen LogP contribution in [-0.2, 0) is 0 Å². The molecule has 0 bridgehead atoms. The van der Waals surface area contributed by atoms with Crippen LogP contribution in [0.2, 0.25) is 0 Å². The van der Waals surface area contributed by atoms with Crippen molar-refractivity contribution in [2.75, 3.05) is 24.1 Å². The highest BCUT2D eigenvalue weighted by molar-refractivity contribution is 8.32. The minimum absolute atomic E-state index is 0.417. The van der Waals surface area contributed by atoms with E-state index in [2.05, 4.69) is 103 Å². The van der Waals surface area contributed by atoms with E-state index in [1.807, 2.05) is 0 Å². The predicted octanol–water partition coefficient (Wildman–Crippen LogP) is -2.31. The Hall–Kier alpha value is -1.22. The van der Waals surface area contributed by atoms with Crippen LogP contribution < -0.4 is 5.32 Å². The zero-order valence-electron chi connectivity index (χ0n) is 19.4. The Morgan fingerprint density at radius 2 is 1.07 bits per heavy atom. The van der Waals surface area contributed by atoms with Crippen LogP contribution in [0.25, 0.3) is 0 Å². The maximum atomic E-state index is 3.84. The summed E-state index contributed by atoms with van der Waals surface area (Å²) >= 11 is 0. The predicted molar refractivity (Wildman–Crippen MR) is 149 cm³/mol. The maximum Gasteiger partial charge on any atom is 0.140 e. The van der Waals surface area contributed by atoms with Gasteiger partial charge in [-0.05, 0) is 53.8 Å². The molecule has 0 aliphatic heterocycles. The monoisotopic (exact) mass is 381 g/mol. The topological polar surface area (TPSA) is 12.0 Å². The lowest BCUT2D eigenvalue weighted by Gasteiger charge is -2.44. The molecule has 0 fully saturated rings. The molecule has 0 aromatic heterocycles. The summed E-state index contributed by atoms with van der Waals surface area (Å²) in [7, 11) is 15.5. The molecular formula is C19H30B7NS. The van der Waals surface area contributed by atoms with Gasteiger partial charge in [0.05, 0.1) is 0 Å². The zero-order chi connectivity index (χ0) is 21.0. The second-order valence-corrected chi connectivity index (χ2v) is 13.6. The van der Waals surface area contributed by atoms with Crippen molar-refractivity contribution in [1.29, 1.82) is 0 Å². The number of hydrogen-bond donors (Lipinski definition) is 1. The van der Waals surface area contributed by atoms with Gasteiger partial charge in [-0.25, -0.2) is 10.0 Å². The summed E-state index contributed by atoms with van der Waals surface area (Å²) < 4.78 is 0. The number of fused-ring (bicyclic) bond motifs is 1. The van der Waals surface area contributed by atoms with Crippen LogP contribution in [0.5, 0.6) is 0 Å². The van der Waals surface area contributed by atoms with E-state index in [4.69, 9.17) is 0 Å². The minimum Gasteiger partial charge on any atom is -0.359 e. The van der Waals surface area contributed by atoms with Crippen LogP contribution in [0.15, 0.2) is 73.2 Å². The quantitative estimate of drug-likeness (QED) is 0.582. The van der Waals surface area contributed by atoms with Gasteiger partial charge in [-0.1, -0.05) is 5.47 Å². The van der Waals surface area contributed by atoms with Crippen LogP contribution in [-0.4, -0.2) is 73.7 Å². The summed E-state index contributed by atoms with van der Waals surface area (Å²) in [5.74, 6) is 0.897. The van der Waals surface area contributed by atoms with Gasteiger partial charge in [-0.2, -0.15) is 0 Å². The van der Waals surface area contributed by atoms with Crippen molar-refractivity contribution in [1.82, 2.24) is 0 Å². The Bertz CT molecular complexity index is 951. The lowest BCUT2D eigenvalue weighted by molar-refractivity contribution is 0.588. The molecule has 2 atom stereocenters. The molecule has 0 radical (unpaired) electrons. The van der Waals surface area contributed by atoms with Crippen molar-refractivity contribution in [3.8, 4) is 0 Å². The Kier molecular flexibility index (Phi) is 5.80. The molecule has 138 valence electrons. The van der Waals surface area contributed by atoms with Crippen LogP contribution in [0.4, 0.5) is 5.69 Å². The largest absolute Gasteiger partial charge is 0.359 e. The van der Waals surface area contributed by atoms with Crippen molar-refractivity contribution in [2.45, 2.75) is 4.90 Å². The molecule has 9 heteroatoms. The molecule has 3 rings (SSSR count). The Labute approximate surface area is 179 Å². The van der Waals surface area contributed by atoms with E-state index >= 15 is 0 Å². The second kappa shape index (κ2) is 7.56. The molecule has 0 saturated carbocycles. The van der Waals surface area contributed by atoms with Crippen molar-refractivity contribution in [2.24, 2.45) is 11.8 Å². The van der Waals surface area contributed by atoms with Crippen LogP contribution in [0, 0.1) is 11.8 Å². The third-order valence-electron chi connectivity index (χ3n) is 7.19. The van der Waals surface area contributed by atoms with Gasteiger partial charge in [0, 0.05) is 17.3 Å².